The van der Waals surface area contributed by atoms with Crippen LogP contribution in [-0.4, -0.2) is 0 Å². The standard InChI is InChI=1S/C18H34.2C9H18.2C2H6/c1-15-7-3-11-17(12-4-8-15)18-13-5-9-16(2)10-6-14-18;2*1-9-7-5-3-2-4-6-8-9;2*1-2/h15-18H,3-14H2,1-2H3;2*9H,2-8H2,1H3;2*1-2H3. The molecule has 4 rings (SSSR count). The van der Waals surface area contributed by atoms with Gasteiger partial charge in [-0.15, -0.1) is 0 Å². The maximum Gasteiger partial charge on any atom is -0.0386 e. The lowest BCUT2D eigenvalue weighted by molar-refractivity contribution is 0.201. The Labute approximate surface area is 257 Å². The predicted molar refractivity (Wildman–Crippen MR) is 186 cm³/mol. The maximum atomic E-state index is 2.46. The first-order valence-electron chi connectivity index (χ1n) is 19.5. The van der Waals surface area contributed by atoms with Crippen LogP contribution in [0.25, 0.3) is 0 Å². The lowest BCUT2D eigenvalue weighted by Crippen LogP contribution is -2.19. The molecule has 242 valence electrons. The van der Waals surface area contributed by atoms with E-state index in [-0.39, 0.29) is 0 Å². The normalized spacial score (nSPS) is 29.7. The van der Waals surface area contributed by atoms with Gasteiger partial charge in [-0.2, -0.15) is 0 Å². The summed E-state index contributed by atoms with van der Waals surface area (Å²) in [4.78, 5) is 0. The summed E-state index contributed by atoms with van der Waals surface area (Å²) in [5, 5.41) is 0. The number of rotatable bonds is 1. The van der Waals surface area contributed by atoms with Crippen LogP contribution in [0.1, 0.15) is 222 Å². The molecule has 0 nitrogen and oxygen atoms in total. The first-order chi connectivity index (χ1) is 19.5. The molecule has 0 aromatic heterocycles. The van der Waals surface area contributed by atoms with Crippen molar-refractivity contribution in [3.63, 3.8) is 0 Å². The second-order valence-electron chi connectivity index (χ2n) is 14.4. The first-order valence-corrected chi connectivity index (χ1v) is 19.5. The van der Waals surface area contributed by atoms with Crippen LogP contribution >= 0.6 is 0 Å². The molecular formula is C40H82. The van der Waals surface area contributed by atoms with Crippen molar-refractivity contribution < 1.29 is 0 Å². The van der Waals surface area contributed by atoms with Crippen molar-refractivity contribution in [1.82, 2.24) is 0 Å². The van der Waals surface area contributed by atoms with E-state index in [1.165, 1.54) is 141 Å². The summed E-state index contributed by atoms with van der Waals surface area (Å²) >= 11 is 0. The summed E-state index contributed by atoms with van der Waals surface area (Å²) in [6, 6.07) is 0. The third-order valence-corrected chi connectivity index (χ3v) is 10.5. The molecule has 0 aromatic rings. The summed E-state index contributed by atoms with van der Waals surface area (Å²) in [5.74, 6) is 6.22. The highest BCUT2D eigenvalue weighted by atomic mass is 14.3. The molecule has 0 radical (unpaired) electrons. The fraction of sp³-hybridized carbons (Fsp3) is 1.00. The van der Waals surface area contributed by atoms with Gasteiger partial charge in [0, 0.05) is 0 Å². The Hall–Kier alpha value is 0. The van der Waals surface area contributed by atoms with Crippen molar-refractivity contribution >= 4 is 0 Å². The molecule has 0 amide bonds. The molecule has 40 heavy (non-hydrogen) atoms. The molecule has 4 aliphatic rings. The minimum absolute atomic E-state index is 1.00. The molecule has 0 aromatic carbocycles. The molecule has 0 saturated heterocycles. The fourth-order valence-corrected chi connectivity index (χ4v) is 7.75. The second kappa shape index (κ2) is 29.1. The molecule has 0 aliphatic heterocycles. The Morgan fingerprint density at radius 2 is 0.400 bits per heavy atom. The van der Waals surface area contributed by atoms with Gasteiger partial charge in [-0.25, -0.2) is 0 Å². The van der Waals surface area contributed by atoms with E-state index in [1.54, 1.807) is 25.7 Å². The molecule has 0 spiro atoms. The van der Waals surface area contributed by atoms with Crippen LogP contribution in [0.3, 0.4) is 0 Å². The van der Waals surface area contributed by atoms with E-state index in [4.69, 9.17) is 0 Å². The van der Waals surface area contributed by atoms with Crippen LogP contribution in [0.4, 0.5) is 0 Å². The van der Waals surface area contributed by atoms with Gasteiger partial charge in [-0.3, -0.25) is 0 Å². The lowest BCUT2D eigenvalue weighted by Gasteiger charge is -2.32. The van der Waals surface area contributed by atoms with E-state index >= 15 is 0 Å². The van der Waals surface area contributed by atoms with Crippen molar-refractivity contribution in [2.45, 2.75) is 222 Å². The number of hydrogen-bond donors (Lipinski definition) is 0. The average Bonchev–Trinajstić information content (AvgIpc) is 2.91. The summed E-state index contributed by atoms with van der Waals surface area (Å²) in [5.41, 5.74) is 0. The minimum atomic E-state index is 1.00. The Balaban J connectivity index is 0.000000584. The zero-order chi connectivity index (χ0) is 29.8. The highest BCUT2D eigenvalue weighted by Gasteiger charge is 2.24. The van der Waals surface area contributed by atoms with Gasteiger partial charge in [0.15, 0.2) is 0 Å². The third-order valence-electron chi connectivity index (χ3n) is 10.5. The quantitative estimate of drug-likeness (QED) is 0.298. The van der Waals surface area contributed by atoms with Crippen LogP contribution in [-0.2, 0) is 0 Å². The predicted octanol–water partition coefficient (Wildman–Crippen LogP) is 15.0. The summed E-state index contributed by atoms with van der Waals surface area (Å²) < 4.78 is 0. The van der Waals surface area contributed by atoms with E-state index in [2.05, 4.69) is 27.7 Å². The van der Waals surface area contributed by atoms with Gasteiger partial charge in [0.2, 0.25) is 0 Å². The molecule has 4 saturated carbocycles. The minimum Gasteiger partial charge on any atom is -0.0683 e. The SMILES string of the molecule is CC.CC.CC1CCCC(C2CCCC(C)CCC2)CCC1.CC1CCCCCCC1.CC1CCCCCCC1. The van der Waals surface area contributed by atoms with E-state index in [0.29, 0.717) is 0 Å². The Morgan fingerprint density at radius 1 is 0.225 bits per heavy atom. The maximum absolute atomic E-state index is 2.46. The molecule has 0 unspecified atom stereocenters. The van der Waals surface area contributed by atoms with Crippen LogP contribution in [0.15, 0.2) is 0 Å². The molecule has 0 bridgehead atoms. The lowest BCUT2D eigenvalue weighted by atomic mass is 9.74. The Kier molecular flexibility index (Phi) is 29.1. The van der Waals surface area contributed by atoms with Crippen LogP contribution in [0.2, 0.25) is 0 Å². The van der Waals surface area contributed by atoms with Gasteiger partial charge in [0.1, 0.15) is 0 Å². The van der Waals surface area contributed by atoms with Crippen LogP contribution in [0, 0.1) is 35.5 Å². The zero-order valence-corrected chi connectivity index (χ0v) is 29.8. The second-order valence-corrected chi connectivity index (χ2v) is 14.4. The van der Waals surface area contributed by atoms with Crippen molar-refractivity contribution in [1.29, 1.82) is 0 Å². The monoisotopic (exact) mass is 563 g/mol. The fourth-order valence-electron chi connectivity index (χ4n) is 7.75. The summed E-state index contributed by atoms with van der Waals surface area (Å²) in [6.07, 6.45) is 39.1. The van der Waals surface area contributed by atoms with Gasteiger partial charge in [0.25, 0.3) is 0 Å². The topological polar surface area (TPSA) is 0 Å². The third kappa shape index (κ3) is 22.6. The van der Waals surface area contributed by atoms with Crippen molar-refractivity contribution in [2.75, 3.05) is 0 Å². The zero-order valence-electron chi connectivity index (χ0n) is 29.8. The van der Waals surface area contributed by atoms with Crippen molar-refractivity contribution in [3.8, 4) is 0 Å². The van der Waals surface area contributed by atoms with Crippen molar-refractivity contribution in [3.05, 3.63) is 0 Å². The molecule has 4 fully saturated rings. The van der Waals surface area contributed by atoms with Crippen molar-refractivity contribution in [2.24, 2.45) is 35.5 Å². The van der Waals surface area contributed by atoms with E-state index < -0.39 is 0 Å². The van der Waals surface area contributed by atoms with Gasteiger partial charge < -0.3 is 0 Å². The molecule has 0 heterocycles. The van der Waals surface area contributed by atoms with E-state index in [0.717, 1.165) is 35.5 Å². The van der Waals surface area contributed by atoms with Gasteiger partial charge in [-0.05, 0) is 35.5 Å². The van der Waals surface area contributed by atoms with Gasteiger partial charge in [0.05, 0.1) is 0 Å². The number of hydrogen-bond acceptors (Lipinski definition) is 0. The summed E-state index contributed by atoms with van der Waals surface area (Å²) in [6.45, 7) is 17.7. The van der Waals surface area contributed by atoms with Crippen LogP contribution < -0.4 is 0 Å². The van der Waals surface area contributed by atoms with E-state index in [9.17, 15) is 0 Å². The van der Waals surface area contributed by atoms with Gasteiger partial charge in [-0.1, -0.05) is 222 Å². The Morgan fingerprint density at radius 3 is 0.625 bits per heavy atom. The van der Waals surface area contributed by atoms with E-state index in [1.807, 2.05) is 27.7 Å². The summed E-state index contributed by atoms with van der Waals surface area (Å²) in [7, 11) is 0. The first kappa shape index (κ1) is 40.0. The smallest absolute Gasteiger partial charge is 0.0386 e. The van der Waals surface area contributed by atoms with Crippen LogP contribution in [0.5, 0.6) is 0 Å². The Bertz CT molecular complexity index is 400. The highest BCUT2D eigenvalue weighted by molar-refractivity contribution is 4.76. The molecule has 4 aliphatic carbocycles. The molecule has 0 N–H and O–H groups in total. The highest BCUT2D eigenvalue weighted by Crippen LogP contribution is 2.37. The average molecular weight is 563 g/mol. The molecular weight excluding hydrogens is 480 g/mol. The molecule has 0 atom stereocenters. The molecule has 0 heteroatoms. The van der Waals surface area contributed by atoms with Gasteiger partial charge >= 0.3 is 0 Å². The largest absolute Gasteiger partial charge is 0.0683 e.